The molecule has 0 aliphatic carbocycles. The summed E-state index contributed by atoms with van der Waals surface area (Å²) < 4.78 is 56.3. The Bertz CT molecular complexity index is 1200. The van der Waals surface area contributed by atoms with Gasteiger partial charge in [0, 0.05) is 43.0 Å². The molecule has 152 valence electrons. The van der Waals surface area contributed by atoms with E-state index in [1.807, 2.05) is 18.2 Å². The molecule has 0 unspecified atom stereocenters. The summed E-state index contributed by atoms with van der Waals surface area (Å²) in [6, 6.07) is 6.37. The van der Waals surface area contributed by atoms with E-state index in [9.17, 15) is 17.2 Å². The molecular formula is C21H21F2N3O2S. The molecule has 2 aromatic heterocycles. The normalized spacial score (nSPS) is 15.6. The quantitative estimate of drug-likeness (QED) is 0.625. The van der Waals surface area contributed by atoms with E-state index < -0.39 is 26.6 Å². The Balaban J connectivity index is 1.65. The zero-order chi connectivity index (χ0) is 20.6. The highest BCUT2D eigenvalue weighted by Crippen LogP contribution is 2.32. The topological polar surface area (TPSA) is 55.2 Å². The van der Waals surface area contributed by atoms with E-state index in [-0.39, 0.29) is 13.1 Å². The number of hydrogen-bond acceptors (Lipinski definition) is 3. The van der Waals surface area contributed by atoms with Crippen LogP contribution < -0.4 is 0 Å². The molecule has 3 heterocycles. The van der Waals surface area contributed by atoms with Gasteiger partial charge in [-0.3, -0.25) is 0 Å². The van der Waals surface area contributed by atoms with Gasteiger partial charge in [0.15, 0.2) is 0 Å². The maximum absolute atomic E-state index is 14.0. The van der Waals surface area contributed by atoms with Gasteiger partial charge in [-0.25, -0.2) is 22.2 Å². The molecule has 0 saturated carbocycles. The van der Waals surface area contributed by atoms with E-state index in [1.54, 1.807) is 6.20 Å². The zero-order valence-electron chi connectivity index (χ0n) is 16.0. The first-order valence-corrected chi connectivity index (χ1v) is 10.9. The number of sulfonamides is 1. The molecule has 1 aliphatic heterocycles. The molecule has 1 aromatic carbocycles. The van der Waals surface area contributed by atoms with Crippen LogP contribution in [-0.4, -0.2) is 35.4 Å². The van der Waals surface area contributed by atoms with Gasteiger partial charge in [-0.05, 0) is 48.7 Å². The molecule has 0 bridgehead atoms. The second-order valence-corrected chi connectivity index (χ2v) is 8.93. The molecular weight excluding hydrogens is 396 g/mol. The lowest BCUT2D eigenvalue weighted by Crippen LogP contribution is -2.35. The molecule has 1 aliphatic rings. The minimum Gasteiger partial charge on any atom is -0.332 e. The lowest BCUT2D eigenvalue weighted by atomic mass is 10.0. The number of hydrogen-bond donors (Lipinski definition) is 0. The first-order chi connectivity index (χ1) is 13.9. The molecule has 3 aromatic rings. The van der Waals surface area contributed by atoms with Gasteiger partial charge < -0.3 is 4.57 Å². The van der Waals surface area contributed by atoms with Crippen LogP contribution in [-0.2, 0) is 16.6 Å². The smallest absolute Gasteiger partial charge is 0.246 e. The van der Waals surface area contributed by atoms with Crippen molar-refractivity contribution in [2.75, 3.05) is 13.1 Å². The molecule has 0 amide bonds. The summed E-state index contributed by atoms with van der Waals surface area (Å²) in [5, 5.41) is 1.03. The van der Waals surface area contributed by atoms with Crippen molar-refractivity contribution < 1.29 is 17.2 Å². The first kappa shape index (κ1) is 19.7. The predicted molar refractivity (Wildman–Crippen MR) is 108 cm³/mol. The number of benzene rings is 1. The molecule has 8 heteroatoms. The lowest BCUT2D eigenvalue weighted by Gasteiger charge is -2.26. The van der Waals surface area contributed by atoms with Gasteiger partial charge in [0.1, 0.15) is 22.2 Å². The molecule has 4 rings (SSSR count). The van der Waals surface area contributed by atoms with Gasteiger partial charge in [-0.2, -0.15) is 4.31 Å². The summed E-state index contributed by atoms with van der Waals surface area (Å²) in [5.41, 5.74) is 2.97. The average molecular weight is 417 g/mol. The Morgan fingerprint density at radius 1 is 1.21 bits per heavy atom. The van der Waals surface area contributed by atoms with Gasteiger partial charge in [0.25, 0.3) is 0 Å². The van der Waals surface area contributed by atoms with Crippen molar-refractivity contribution >= 4 is 26.6 Å². The van der Waals surface area contributed by atoms with E-state index in [2.05, 4.69) is 22.7 Å². The van der Waals surface area contributed by atoms with Crippen LogP contribution in [0.15, 0.2) is 53.7 Å². The Hall–Kier alpha value is -2.58. The van der Waals surface area contributed by atoms with Crippen LogP contribution in [0.2, 0.25) is 0 Å². The van der Waals surface area contributed by atoms with Crippen molar-refractivity contribution in [3.8, 4) is 0 Å². The molecule has 0 radical (unpaired) electrons. The van der Waals surface area contributed by atoms with E-state index >= 15 is 0 Å². The van der Waals surface area contributed by atoms with Gasteiger partial charge in [-0.15, -0.1) is 0 Å². The van der Waals surface area contributed by atoms with E-state index in [0.29, 0.717) is 6.42 Å². The van der Waals surface area contributed by atoms with Crippen LogP contribution in [0.4, 0.5) is 8.78 Å². The summed E-state index contributed by atoms with van der Waals surface area (Å²) in [4.78, 5) is 3.85. The average Bonchev–Trinajstić information content (AvgIpc) is 3.09. The van der Waals surface area contributed by atoms with Gasteiger partial charge in [0.2, 0.25) is 10.0 Å². The van der Waals surface area contributed by atoms with Crippen LogP contribution >= 0.6 is 0 Å². The molecule has 0 N–H and O–H groups in total. The van der Waals surface area contributed by atoms with Crippen molar-refractivity contribution in [1.29, 1.82) is 0 Å². The van der Waals surface area contributed by atoms with Gasteiger partial charge in [0.05, 0.1) is 0 Å². The number of aryl methyl sites for hydroxylation is 1. The molecule has 0 atom stereocenters. The Morgan fingerprint density at radius 2 is 2.03 bits per heavy atom. The standard InChI is InChI=1S/C21H21F2N3O2S/c1-2-10-25-14-18(17-4-3-9-24-21(17)25)15-7-11-26(12-8-15)29(27,28)20-13-16(22)5-6-19(20)23/h3-7,9,13-14H,2,8,10-12H2,1H3. The van der Waals surface area contributed by atoms with E-state index in [4.69, 9.17) is 0 Å². The largest absolute Gasteiger partial charge is 0.332 e. The number of rotatable bonds is 5. The van der Waals surface area contributed by atoms with Crippen LogP contribution in [0.3, 0.4) is 0 Å². The molecule has 0 saturated heterocycles. The monoisotopic (exact) mass is 417 g/mol. The fourth-order valence-electron chi connectivity index (χ4n) is 3.72. The highest BCUT2D eigenvalue weighted by molar-refractivity contribution is 7.89. The van der Waals surface area contributed by atoms with Crippen molar-refractivity contribution in [2.45, 2.75) is 31.2 Å². The SMILES string of the molecule is CCCn1cc(C2=CCN(S(=O)(=O)c3cc(F)ccc3F)CC2)c2cccnc21. The second kappa shape index (κ2) is 7.68. The predicted octanol–water partition coefficient (Wildman–Crippen LogP) is 4.20. The minimum atomic E-state index is -4.11. The van der Waals surface area contributed by atoms with Crippen LogP contribution in [0.1, 0.15) is 25.3 Å². The fraction of sp³-hybridized carbons (Fsp3) is 0.286. The van der Waals surface area contributed by atoms with Crippen molar-refractivity contribution in [3.63, 3.8) is 0 Å². The first-order valence-electron chi connectivity index (χ1n) is 9.50. The third-order valence-corrected chi connectivity index (χ3v) is 7.01. The summed E-state index contributed by atoms with van der Waals surface area (Å²) in [6.45, 7) is 3.25. The van der Waals surface area contributed by atoms with Gasteiger partial charge >= 0.3 is 0 Å². The Labute approximate surface area is 168 Å². The van der Waals surface area contributed by atoms with E-state index in [1.165, 1.54) is 4.31 Å². The number of nitrogens with zero attached hydrogens (tertiary/aromatic N) is 3. The summed E-state index contributed by atoms with van der Waals surface area (Å²) in [5.74, 6) is -1.73. The maximum atomic E-state index is 14.0. The molecule has 0 fully saturated rings. The van der Waals surface area contributed by atoms with Crippen molar-refractivity contribution in [3.05, 3.63) is 66.0 Å². The van der Waals surface area contributed by atoms with Crippen LogP contribution in [0.25, 0.3) is 16.6 Å². The third-order valence-electron chi connectivity index (χ3n) is 5.13. The van der Waals surface area contributed by atoms with E-state index in [0.717, 1.165) is 53.3 Å². The lowest BCUT2D eigenvalue weighted by molar-refractivity contribution is 0.435. The number of halogens is 2. The maximum Gasteiger partial charge on any atom is 0.246 e. The highest BCUT2D eigenvalue weighted by Gasteiger charge is 2.30. The summed E-state index contributed by atoms with van der Waals surface area (Å²) in [7, 11) is -4.11. The highest BCUT2D eigenvalue weighted by atomic mass is 32.2. The van der Waals surface area contributed by atoms with Crippen molar-refractivity contribution in [2.24, 2.45) is 0 Å². The Kier molecular flexibility index (Phi) is 5.23. The zero-order valence-corrected chi connectivity index (χ0v) is 16.8. The number of aromatic nitrogens is 2. The van der Waals surface area contributed by atoms with Gasteiger partial charge in [-0.1, -0.05) is 13.0 Å². The molecule has 29 heavy (non-hydrogen) atoms. The van der Waals surface area contributed by atoms with Crippen LogP contribution in [0, 0.1) is 11.6 Å². The second-order valence-electron chi connectivity index (χ2n) is 7.03. The minimum absolute atomic E-state index is 0.105. The molecule has 0 spiro atoms. The molecule has 5 nitrogen and oxygen atoms in total. The number of pyridine rings is 1. The third kappa shape index (κ3) is 3.58. The summed E-state index contributed by atoms with van der Waals surface area (Å²) >= 11 is 0. The van der Waals surface area contributed by atoms with Crippen LogP contribution in [0.5, 0.6) is 0 Å². The number of fused-ring (bicyclic) bond motifs is 1. The summed E-state index contributed by atoms with van der Waals surface area (Å²) in [6.07, 6.45) is 7.12. The fourth-order valence-corrected chi connectivity index (χ4v) is 5.17. The Morgan fingerprint density at radius 3 is 2.76 bits per heavy atom. The van der Waals surface area contributed by atoms with Crippen molar-refractivity contribution in [1.82, 2.24) is 13.9 Å².